The van der Waals surface area contributed by atoms with Crippen LogP contribution in [0.4, 0.5) is 0 Å². The van der Waals surface area contributed by atoms with Gasteiger partial charge in [0.1, 0.15) is 0 Å². The van der Waals surface area contributed by atoms with E-state index in [0.717, 1.165) is 10.9 Å². The maximum atomic E-state index is 10.6. The fraction of sp³-hybridized carbons (Fsp3) is 0.280. The van der Waals surface area contributed by atoms with E-state index >= 15 is 0 Å². The second kappa shape index (κ2) is 10.0. The molecule has 3 atom stereocenters. The van der Waals surface area contributed by atoms with Crippen LogP contribution in [0.2, 0.25) is 5.32 Å². The zero-order chi connectivity index (χ0) is 19.9. The summed E-state index contributed by atoms with van der Waals surface area (Å²) in [6, 6.07) is 30.0. The second-order valence-corrected chi connectivity index (χ2v) is 9.43. The van der Waals surface area contributed by atoms with E-state index < -0.39 is 6.10 Å². The van der Waals surface area contributed by atoms with Crippen LogP contribution in [0.5, 0.6) is 0 Å². The topological polar surface area (TPSA) is 23.5 Å². The van der Waals surface area contributed by atoms with Crippen LogP contribution in [-0.4, -0.2) is 32.0 Å². The Kier molecular flexibility index (Phi) is 7.47. The Morgan fingerprint density at radius 2 is 1.29 bits per heavy atom. The number of hydrogen-bond donors (Lipinski definition) is 1. The standard InChI is InChI=1S/C25H29NOSe/c1-19(21-12-6-4-7-13-21)26(3)20(2)23-16-10-11-17-25(23)28-18-24(27)22-14-8-5-9-15-22/h4-17,19-20,24,27H,18H2,1-3H3/t19-,20+,24+/m1/s1. The van der Waals surface area contributed by atoms with Gasteiger partial charge in [0.2, 0.25) is 0 Å². The van der Waals surface area contributed by atoms with Crippen molar-refractivity contribution in [1.82, 2.24) is 4.90 Å². The van der Waals surface area contributed by atoms with Gasteiger partial charge in [-0.3, -0.25) is 0 Å². The van der Waals surface area contributed by atoms with Crippen LogP contribution >= 0.6 is 0 Å². The van der Waals surface area contributed by atoms with Crippen molar-refractivity contribution < 1.29 is 5.11 Å². The Labute approximate surface area is 175 Å². The summed E-state index contributed by atoms with van der Waals surface area (Å²) in [6.07, 6.45) is -0.398. The number of benzene rings is 3. The van der Waals surface area contributed by atoms with Gasteiger partial charge >= 0.3 is 175 Å². The summed E-state index contributed by atoms with van der Waals surface area (Å²) in [5.74, 6) is 0. The van der Waals surface area contributed by atoms with Crippen molar-refractivity contribution in [3.05, 3.63) is 102 Å². The zero-order valence-electron chi connectivity index (χ0n) is 16.8. The van der Waals surface area contributed by atoms with E-state index in [1.165, 1.54) is 15.6 Å². The Morgan fingerprint density at radius 1 is 0.750 bits per heavy atom. The van der Waals surface area contributed by atoms with Gasteiger partial charge in [0.25, 0.3) is 0 Å². The van der Waals surface area contributed by atoms with Crippen LogP contribution in [0.15, 0.2) is 84.9 Å². The molecule has 0 bridgehead atoms. The predicted octanol–water partition coefficient (Wildman–Crippen LogP) is 4.92. The molecule has 3 rings (SSSR count). The van der Waals surface area contributed by atoms with Crippen molar-refractivity contribution in [3.8, 4) is 0 Å². The fourth-order valence-electron chi connectivity index (χ4n) is 3.42. The van der Waals surface area contributed by atoms with Crippen molar-refractivity contribution in [2.24, 2.45) is 0 Å². The summed E-state index contributed by atoms with van der Waals surface area (Å²) in [5.41, 5.74) is 3.71. The molecule has 0 radical (unpaired) electrons. The average molecular weight is 438 g/mol. The normalized spacial score (nSPS) is 14.6. The summed E-state index contributed by atoms with van der Waals surface area (Å²) >= 11 is 0.219. The van der Waals surface area contributed by atoms with E-state index in [2.05, 4.69) is 80.4 Å². The molecule has 1 N–H and O–H groups in total. The minimum absolute atomic E-state index is 0.219. The van der Waals surface area contributed by atoms with Crippen LogP contribution in [0.3, 0.4) is 0 Å². The van der Waals surface area contributed by atoms with E-state index in [1.807, 2.05) is 30.3 Å². The van der Waals surface area contributed by atoms with Gasteiger partial charge in [-0.25, -0.2) is 0 Å². The van der Waals surface area contributed by atoms with Crippen LogP contribution in [0, 0.1) is 0 Å². The summed E-state index contributed by atoms with van der Waals surface area (Å²) in [4.78, 5) is 2.43. The van der Waals surface area contributed by atoms with Crippen LogP contribution in [0.25, 0.3) is 0 Å². The van der Waals surface area contributed by atoms with Crippen molar-refractivity contribution in [1.29, 1.82) is 0 Å². The third kappa shape index (κ3) is 5.12. The molecule has 0 aliphatic carbocycles. The van der Waals surface area contributed by atoms with Gasteiger partial charge in [-0.2, -0.15) is 0 Å². The van der Waals surface area contributed by atoms with Crippen LogP contribution in [-0.2, 0) is 0 Å². The van der Waals surface area contributed by atoms with Gasteiger partial charge in [-0.05, 0) is 0 Å². The third-order valence-corrected chi connectivity index (χ3v) is 7.90. The molecule has 2 nitrogen and oxygen atoms in total. The molecule has 28 heavy (non-hydrogen) atoms. The Morgan fingerprint density at radius 3 is 1.93 bits per heavy atom. The minimum atomic E-state index is -0.398. The van der Waals surface area contributed by atoms with E-state index in [1.54, 1.807) is 0 Å². The Balaban J connectivity index is 1.72. The molecule has 0 aliphatic rings. The molecular weight excluding hydrogens is 409 g/mol. The Bertz CT molecular complexity index is 853. The first-order valence-electron chi connectivity index (χ1n) is 9.79. The molecule has 0 unspecified atom stereocenters. The number of nitrogens with zero attached hydrogens (tertiary/aromatic N) is 1. The number of rotatable bonds is 8. The van der Waals surface area contributed by atoms with Crippen molar-refractivity contribution in [2.75, 3.05) is 7.05 Å². The quantitative estimate of drug-likeness (QED) is 0.505. The molecule has 0 aromatic heterocycles. The molecule has 146 valence electrons. The van der Waals surface area contributed by atoms with Gasteiger partial charge in [-0.1, -0.05) is 0 Å². The van der Waals surface area contributed by atoms with Gasteiger partial charge in [0, 0.05) is 0 Å². The zero-order valence-corrected chi connectivity index (χ0v) is 18.5. The SMILES string of the molecule is C[C@H](c1ccccc1)N(C)[C@@H](C)c1ccccc1[Se]C[C@H](O)c1ccccc1. The van der Waals surface area contributed by atoms with E-state index in [-0.39, 0.29) is 15.0 Å². The molecule has 0 amide bonds. The molecule has 0 spiro atoms. The van der Waals surface area contributed by atoms with Crippen LogP contribution < -0.4 is 4.46 Å². The molecule has 0 aliphatic heterocycles. The Hall–Kier alpha value is -1.90. The van der Waals surface area contributed by atoms with E-state index in [9.17, 15) is 5.11 Å². The maximum absolute atomic E-state index is 10.6. The van der Waals surface area contributed by atoms with E-state index in [4.69, 9.17) is 0 Å². The van der Waals surface area contributed by atoms with Crippen molar-refractivity contribution in [3.63, 3.8) is 0 Å². The molecule has 0 saturated heterocycles. The molecule has 0 fully saturated rings. The third-order valence-electron chi connectivity index (χ3n) is 5.45. The summed E-state index contributed by atoms with van der Waals surface area (Å²) < 4.78 is 1.38. The van der Waals surface area contributed by atoms with E-state index in [0.29, 0.717) is 12.1 Å². The summed E-state index contributed by atoms with van der Waals surface area (Å²) in [7, 11) is 2.20. The van der Waals surface area contributed by atoms with Crippen molar-refractivity contribution in [2.45, 2.75) is 37.4 Å². The molecule has 0 heterocycles. The fourth-order valence-corrected chi connectivity index (χ4v) is 5.75. The molecular formula is C25H29NOSe. The first kappa shape index (κ1) is 20.8. The van der Waals surface area contributed by atoms with Gasteiger partial charge in [-0.15, -0.1) is 0 Å². The second-order valence-electron chi connectivity index (χ2n) is 7.20. The molecule has 3 aromatic rings. The number of aliphatic hydroxyl groups is 1. The van der Waals surface area contributed by atoms with Crippen molar-refractivity contribution >= 4 is 19.4 Å². The van der Waals surface area contributed by atoms with Gasteiger partial charge < -0.3 is 0 Å². The van der Waals surface area contributed by atoms with Gasteiger partial charge in [0.05, 0.1) is 0 Å². The average Bonchev–Trinajstić information content (AvgIpc) is 2.77. The molecule has 0 saturated carbocycles. The summed E-state index contributed by atoms with van der Waals surface area (Å²) in [6.45, 7) is 4.54. The predicted molar refractivity (Wildman–Crippen MR) is 119 cm³/mol. The monoisotopic (exact) mass is 439 g/mol. The number of hydrogen-bond acceptors (Lipinski definition) is 2. The van der Waals surface area contributed by atoms with Crippen LogP contribution in [0.1, 0.15) is 48.7 Å². The first-order chi connectivity index (χ1) is 13.6. The first-order valence-corrected chi connectivity index (χ1v) is 11.9. The molecule has 3 aromatic carbocycles. The summed E-state index contributed by atoms with van der Waals surface area (Å²) in [5, 5.41) is 11.4. The number of aliphatic hydroxyl groups excluding tert-OH is 1. The molecule has 3 heteroatoms. The van der Waals surface area contributed by atoms with Gasteiger partial charge in [0.15, 0.2) is 0 Å².